The van der Waals surface area contributed by atoms with E-state index in [1.54, 1.807) is 17.8 Å². The Labute approximate surface area is 95.1 Å². The van der Waals surface area contributed by atoms with Crippen molar-refractivity contribution in [3.63, 3.8) is 0 Å². The Morgan fingerprint density at radius 3 is 3.09 bits per heavy atom. The molecule has 1 aliphatic carbocycles. The van der Waals surface area contributed by atoms with Gasteiger partial charge in [-0.05, 0) is 11.8 Å². The van der Waals surface area contributed by atoms with Crippen LogP contribution in [0.1, 0.15) is 21.7 Å². The standard InChI is InChI=1S/C8H7OS.Y/c9-7-2-1-3-8-6(7)4-5-10-8;/h2,4-5H,1,3H2;/q-1;. The molecule has 0 unspecified atom stereocenters. The molecule has 0 N–H and O–H groups in total. The summed E-state index contributed by atoms with van der Waals surface area (Å²) in [6.45, 7) is 0. The van der Waals surface area contributed by atoms with Crippen molar-refractivity contribution in [2.45, 2.75) is 12.8 Å². The summed E-state index contributed by atoms with van der Waals surface area (Å²) in [5.41, 5.74) is 0.927. The zero-order chi connectivity index (χ0) is 6.97. The Morgan fingerprint density at radius 2 is 2.36 bits per heavy atom. The fraction of sp³-hybridized carbons (Fsp3) is 0.250. The van der Waals surface area contributed by atoms with Gasteiger partial charge in [0.05, 0.1) is 0 Å². The van der Waals surface area contributed by atoms with Crippen LogP contribution in [-0.4, -0.2) is 5.78 Å². The average Bonchev–Trinajstić information content (AvgIpc) is 2.36. The van der Waals surface area contributed by atoms with Gasteiger partial charge in [0.1, 0.15) is 0 Å². The number of ketones is 1. The second-order valence-corrected chi connectivity index (χ2v) is 3.37. The number of hydrogen-bond donors (Lipinski definition) is 0. The molecule has 0 bridgehead atoms. The molecule has 1 aliphatic rings. The molecule has 0 saturated heterocycles. The molecule has 0 saturated carbocycles. The minimum absolute atomic E-state index is 0. The van der Waals surface area contributed by atoms with Crippen molar-refractivity contribution in [2.75, 3.05) is 0 Å². The quantitative estimate of drug-likeness (QED) is 0.634. The normalized spacial score (nSPS) is 14.7. The summed E-state index contributed by atoms with van der Waals surface area (Å²) in [7, 11) is 0. The summed E-state index contributed by atoms with van der Waals surface area (Å²) in [5, 5.41) is 1.99. The van der Waals surface area contributed by atoms with Gasteiger partial charge in [-0.25, -0.2) is 0 Å². The molecule has 3 heteroatoms. The van der Waals surface area contributed by atoms with E-state index in [1.807, 2.05) is 11.4 Å². The summed E-state index contributed by atoms with van der Waals surface area (Å²) in [6.07, 6.45) is 3.75. The van der Waals surface area contributed by atoms with Gasteiger partial charge in [0.25, 0.3) is 0 Å². The predicted octanol–water partition coefficient (Wildman–Crippen LogP) is 2.08. The molecule has 55 valence electrons. The SMILES string of the molecule is O=C1[CH-]CCc2sccc21.[Y]. The van der Waals surface area contributed by atoms with Gasteiger partial charge in [-0.3, -0.25) is 0 Å². The first-order chi connectivity index (χ1) is 4.88. The number of carbonyl (C=O) groups excluding carboxylic acids is 1. The summed E-state index contributed by atoms with van der Waals surface area (Å²) in [4.78, 5) is 12.4. The zero-order valence-electron chi connectivity index (χ0n) is 6.04. The van der Waals surface area contributed by atoms with Crippen LogP contribution in [0.3, 0.4) is 0 Å². The largest absolute Gasteiger partial charge is 0.332 e. The molecule has 0 atom stereocenters. The van der Waals surface area contributed by atoms with Crippen LogP contribution < -0.4 is 0 Å². The van der Waals surface area contributed by atoms with Crippen LogP contribution in [0.15, 0.2) is 11.4 Å². The minimum atomic E-state index is 0. The second kappa shape index (κ2) is 3.84. The molecular weight excluding hydrogens is 233 g/mol. The molecule has 0 amide bonds. The maximum absolute atomic E-state index is 11.1. The Morgan fingerprint density at radius 1 is 1.55 bits per heavy atom. The van der Waals surface area contributed by atoms with E-state index in [1.165, 1.54) is 4.88 Å². The maximum Gasteiger partial charge on any atom is 0.0256 e. The van der Waals surface area contributed by atoms with E-state index in [0.717, 1.165) is 18.4 Å². The van der Waals surface area contributed by atoms with Gasteiger partial charge in [-0.15, -0.1) is 11.6 Å². The van der Waals surface area contributed by atoms with Crippen molar-refractivity contribution in [2.24, 2.45) is 0 Å². The number of fused-ring (bicyclic) bond motifs is 1. The van der Waals surface area contributed by atoms with E-state index in [-0.39, 0.29) is 38.5 Å². The van der Waals surface area contributed by atoms with Gasteiger partial charge in [-0.1, -0.05) is 11.3 Å². The van der Waals surface area contributed by atoms with Crippen LogP contribution in [-0.2, 0) is 39.1 Å². The molecular formula is C8H7OSY-. The number of hydrogen-bond acceptors (Lipinski definition) is 2. The van der Waals surface area contributed by atoms with Gasteiger partial charge in [-0.2, -0.15) is 17.8 Å². The van der Waals surface area contributed by atoms with Crippen molar-refractivity contribution >= 4 is 17.1 Å². The molecule has 0 spiro atoms. The number of aryl methyl sites for hydroxylation is 1. The predicted molar refractivity (Wildman–Crippen MR) is 41.3 cm³/mol. The number of Topliss-reactive ketones (excluding diaryl/α,β-unsaturated/α-hetero) is 1. The van der Waals surface area contributed by atoms with E-state index >= 15 is 0 Å². The molecule has 0 aromatic carbocycles. The van der Waals surface area contributed by atoms with Crippen molar-refractivity contribution in [3.05, 3.63) is 28.3 Å². The van der Waals surface area contributed by atoms with Crippen LogP contribution in [0, 0.1) is 6.42 Å². The van der Waals surface area contributed by atoms with Crippen LogP contribution in [0.2, 0.25) is 0 Å². The van der Waals surface area contributed by atoms with Crippen molar-refractivity contribution < 1.29 is 37.5 Å². The van der Waals surface area contributed by atoms with Gasteiger partial charge >= 0.3 is 0 Å². The average molecular weight is 240 g/mol. The van der Waals surface area contributed by atoms with E-state index < -0.39 is 0 Å². The van der Waals surface area contributed by atoms with Crippen LogP contribution in [0.5, 0.6) is 0 Å². The first kappa shape index (κ1) is 9.43. The molecule has 0 aliphatic heterocycles. The third-order valence-corrected chi connectivity index (χ3v) is 2.69. The molecule has 1 nitrogen and oxygen atoms in total. The van der Waals surface area contributed by atoms with Gasteiger partial charge in [0.15, 0.2) is 0 Å². The first-order valence-electron chi connectivity index (χ1n) is 3.32. The van der Waals surface area contributed by atoms with E-state index in [2.05, 4.69) is 0 Å². The molecule has 1 aromatic rings. The number of rotatable bonds is 0. The minimum Gasteiger partial charge on any atom is -0.332 e. The molecule has 2 rings (SSSR count). The fourth-order valence-corrected chi connectivity index (χ4v) is 2.10. The van der Waals surface area contributed by atoms with Crippen LogP contribution in [0.4, 0.5) is 0 Å². The van der Waals surface area contributed by atoms with Crippen LogP contribution in [0.25, 0.3) is 0 Å². The Balaban J connectivity index is 0.000000605. The van der Waals surface area contributed by atoms with Crippen LogP contribution >= 0.6 is 11.3 Å². The Bertz CT molecular complexity index is 267. The monoisotopic (exact) mass is 240 g/mol. The van der Waals surface area contributed by atoms with E-state index in [0.29, 0.717) is 0 Å². The molecule has 1 radical (unpaired) electrons. The third-order valence-electron chi connectivity index (χ3n) is 1.71. The molecule has 1 heterocycles. The topological polar surface area (TPSA) is 17.1 Å². The summed E-state index contributed by atoms with van der Waals surface area (Å²) in [5.74, 6) is 0.211. The van der Waals surface area contributed by atoms with E-state index in [4.69, 9.17) is 0 Å². The zero-order valence-corrected chi connectivity index (χ0v) is 9.69. The van der Waals surface area contributed by atoms with Crippen molar-refractivity contribution in [1.29, 1.82) is 0 Å². The number of carbonyl (C=O) groups is 1. The van der Waals surface area contributed by atoms with Crippen molar-refractivity contribution in [1.82, 2.24) is 0 Å². The third kappa shape index (κ3) is 1.74. The van der Waals surface area contributed by atoms with Gasteiger partial charge in [0, 0.05) is 38.5 Å². The van der Waals surface area contributed by atoms with E-state index in [9.17, 15) is 4.79 Å². The smallest absolute Gasteiger partial charge is 0.0256 e. The number of thiophene rings is 1. The van der Waals surface area contributed by atoms with Gasteiger partial charge < -0.3 is 4.79 Å². The fourth-order valence-electron chi connectivity index (χ4n) is 1.20. The molecule has 0 fully saturated rings. The Hall–Kier alpha value is 0.344. The summed E-state index contributed by atoms with van der Waals surface area (Å²) >= 11 is 1.69. The molecule has 1 aromatic heterocycles. The maximum atomic E-state index is 11.1. The van der Waals surface area contributed by atoms with Gasteiger partial charge in [0.2, 0.25) is 0 Å². The molecule has 11 heavy (non-hydrogen) atoms. The first-order valence-corrected chi connectivity index (χ1v) is 4.20. The van der Waals surface area contributed by atoms with Crippen molar-refractivity contribution in [3.8, 4) is 0 Å². The second-order valence-electron chi connectivity index (χ2n) is 2.36. The summed E-state index contributed by atoms with van der Waals surface area (Å²) < 4.78 is 0. The summed E-state index contributed by atoms with van der Waals surface area (Å²) in [6, 6.07) is 1.91. The Kier molecular flexibility index (Phi) is 3.29.